The molecule has 0 bridgehead atoms. The molecule has 0 unspecified atom stereocenters. The van der Waals surface area contributed by atoms with Crippen molar-refractivity contribution in [1.82, 2.24) is 14.6 Å². The number of hydroxylamine groups is 2. The van der Waals surface area contributed by atoms with Crippen LogP contribution in [0, 0.1) is 0 Å². The van der Waals surface area contributed by atoms with E-state index in [1.54, 1.807) is 13.8 Å². The fourth-order valence-corrected chi connectivity index (χ4v) is 2.73. The Hall–Kier alpha value is -2.79. The lowest BCUT2D eigenvalue weighted by atomic mass is 10.0. The zero-order valence-electron chi connectivity index (χ0n) is 15.6. The van der Waals surface area contributed by atoms with Crippen LogP contribution in [0.4, 0.5) is 5.82 Å². The average molecular weight is 382 g/mol. The van der Waals surface area contributed by atoms with Crippen molar-refractivity contribution < 1.29 is 28.7 Å². The molecule has 2 atom stereocenters. The number of aromatic nitrogens is 2. The molecule has 0 spiro atoms. The summed E-state index contributed by atoms with van der Waals surface area (Å²) in [6.07, 6.45) is 1.04. The van der Waals surface area contributed by atoms with E-state index in [4.69, 9.17) is 14.3 Å². The molecule has 1 saturated heterocycles. The maximum atomic E-state index is 12.7. The zero-order chi connectivity index (χ0) is 20.2. The van der Waals surface area contributed by atoms with Crippen molar-refractivity contribution in [2.45, 2.75) is 39.0 Å². The highest BCUT2D eigenvalue weighted by molar-refractivity contribution is 5.87. The van der Waals surface area contributed by atoms with Crippen molar-refractivity contribution >= 4 is 23.7 Å². The van der Waals surface area contributed by atoms with Gasteiger partial charge in [-0.15, -0.1) is 0 Å². The molecule has 1 fully saturated rings. The third kappa shape index (κ3) is 4.14. The molecule has 2 heterocycles. The summed E-state index contributed by atoms with van der Waals surface area (Å²) in [5.41, 5.74) is -2.77. The third-order valence-corrected chi connectivity index (χ3v) is 3.85. The van der Waals surface area contributed by atoms with Gasteiger partial charge in [-0.3, -0.25) is 19.0 Å². The van der Waals surface area contributed by atoms with Gasteiger partial charge in [0.15, 0.2) is 0 Å². The maximum Gasteiger partial charge on any atom is 0.362 e. The molecular weight excluding hydrogens is 360 g/mol. The average Bonchev–Trinajstić information content (AvgIpc) is 2.93. The minimum atomic E-state index is -1.92. The van der Waals surface area contributed by atoms with Gasteiger partial charge < -0.3 is 14.8 Å². The number of anilines is 1. The number of carbonyl (C=O) groups is 3. The Morgan fingerprint density at radius 1 is 1.33 bits per heavy atom. The molecule has 1 aliphatic heterocycles. The van der Waals surface area contributed by atoms with E-state index >= 15 is 0 Å². The Morgan fingerprint density at radius 3 is 2.56 bits per heavy atom. The highest BCUT2D eigenvalue weighted by Crippen LogP contribution is 2.35. The lowest BCUT2D eigenvalue weighted by Crippen LogP contribution is -2.49. The first-order chi connectivity index (χ1) is 12.7. The summed E-state index contributed by atoms with van der Waals surface area (Å²) in [7, 11) is 1.45. The molecule has 1 aromatic rings. The van der Waals surface area contributed by atoms with Gasteiger partial charge in [-0.2, -0.15) is 10.0 Å². The van der Waals surface area contributed by atoms with Crippen LogP contribution in [-0.4, -0.2) is 58.8 Å². The van der Waals surface area contributed by atoms with E-state index < -0.39 is 35.3 Å². The molecule has 1 aromatic heterocycles. The maximum absolute atomic E-state index is 12.7. The van der Waals surface area contributed by atoms with Crippen LogP contribution in [0.1, 0.15) is 27.2 Å². The van der Waals surface area contributed by atoms with E-state index in [0.29, 0.717) is 0 Å². The predicted molar refractivity (Wildman–Crippen MR) is 91.3 cm³/mol. The Labute approximate surface area is 155 Å². The van der Waals surface area contributed by atoms with Crippen molar-refractivity contribution in [3.63, 3.8) is 0 Å². The van der Waals surface area contributed by atoms with Gasteiger partial charge in [0.1, 0.15) is 11.9 Å². The van der Waals surface area contributed by atoms with Gasteiger partial charge in [-0.25, -0.2) is 9.59 Å². The van der Waals surface area contributed by atoms with E-state index in [9.17, 15) is 19.2 Å². The van der Waals surface area contributed by atoms with Crippen LogP contribution in [0.3, 0.4) is 0 Å². The zero-order valence-corrected chi connectivity index (χ0v) is 15.6. The molecule has 0 aliphatic carbocycles. The fraction of sp³-hybridized carbons (Fsp3) is 0.562. The summed E-state index contributed by atoms with van der Waals surface area (Å²) >= 11 is 0. The predicted octanol–water partition coefficient (Wildman–Crippen LogP) is -0.384. The van der Waals surface area contributed by atoms with Crippen LogP contribution in [0.2, 0.25) is 0 Å². The van der Waals surface area contributed by atoms with Crippen molar-refractivity contribution in [3.05, 3.63) is 22.7 Å². The van der Waals surface area contributed by atoms with E-state index in [1.807, 2.05) is 0 Å². The smallest absolute Gasteiger partial charge is 0.362 e. The van der Waals surface area contributed by atoms with Gasteiger partial charge in [-0.1, -0.05) is 0 Å². The normalized spacial score (nSPS) is 22.3. The molecule has 2 rings (SSSR count). The number of hydrogen-bond donors (Lipinski definition) is 1. The second-order valence-electron chi connectivity index (χ2n) is 5.76. The second kappa shape index (κ2) is 8.27. The standard InChI is InChI=1S/C16H22N4O7/c1-5-25-13(22)11-9-16(27-19(11)4,14(23)26-6-2)20-8-7-12(17-10(3)21)18-15(20)24/h7-8,11H,5-6,9H2,1-4H3,(H,17,18,21,24)/t11-,16+/m1/s1. The van der Waals surface area contributed by atoms with Gasteiger partial charge >= 0.3 is 17.6 Å². The first-order valence-electron chi connectivity index (χ1n) is 8.38. The molecule has 148 valence electrons. The van der Waals surface area contributed by atoms with Crippen LogP contribution in [0.25, 0.3) is 0 Å². The molecular formula is C16H22N4O7. The van der Waals surface area contributed by atoms with Gasteiger partial charge in [0.2, 0.25) is 5.91 Å². The van der Waals surface area contributed by atoms with Crippen molar-refractivity contribution in [2.75, 3.05) is 25.6 Å². The van der Waals surface area contributed by atoms with Crippen LogP contribution in [-0.2, 0) is 34.4 Å². The quantitative estimate of drug-likeness (QED) is 0.654. The Morgan fingerprint density at radius 2 is 2.00 bits per heavy atom. The first-order valence-corrected chi connectivity index (χ1v) is 8.38. The Balaban J connectivity index is 2.47. The second-order valence-corrected chi connectivity index (χ2v) is 5.76. The fourth-order valence-electron chi connectivity index (χ4n) is 2.73. The number of hydrogen-bond acceptors (Lipinski definition) is 9. The van der Waals surface area contributed by atoms with Crippen LogP contribution in [0.15, 0.2) is 17.1 Å². The molecule has 0 saturated carbocycles. The number of esters is 2. The first kappa shape index (κ1) is 20.5. The summed E-state index contributed by atoms with van der Waals surface area (Å²) in [5, 5.41) is 3.53. The Bertz CT molecular complexity index is 793. The monoisotopic (exact) mass is 382 g/mol. The van der Waals surface area contributed by atoms with Gasteiger partial charge in [-0.05, 0) is 19.9 Å². The molecule has 0 radical (unpaired) electrons. The van der Waals surface area contributed by atoms with Gasteiger partial charge in [0, 0.05) is 26.6 Å². The number of nitrogens with zero attached hydrogens (tertiary/aromatic N) is 3. The van der Waals surface area contributed by atoms with Crippen molar-refractivity contribution in [2.24, 2.45) is 0 Å². The number of nitrogens with one attached hydrogen (secondary N) is 1. The number of rotatable bonds is 6. The topological polar surface area (TPSA) is 129 Å². The molecule has 0 aromatic carbocycles. The lowest BCUT2D eigenvalue weighted by molar-refractivity contribution is -0.238. The Kier molecular flexibility index (Phi) is 6.28. The number of amides is 1. The van der Waals surface area contributed by atoms with E-state index in [1.165, 1.54) is 26.2 Å². The van der Waals surface area contributed by atoms with E-state index in [-0.39, 0.29) is 25.5 Å². The summed E-state index contributed by atoms with van der Waals surface area (Å²) in [6, 6.07) is 0.418. The van der Waals surface area contributed by atoms with Crippen LogP contribution in [0.5, 0.6) is 0 Å². The number of ether oxygens (including phenoxy) is 2. The minimum Gasteiger partial charge on any atom is -0.465 e. The van der Waals surface area contributed by atoms with Gasteiger partial charge in [0.25, 0.3) is 5.72 Å². The van der Waals surface area contributed by atoms with Crippen LogP contribution < -0.4 is 11.0 Å². The summed E-state index contributed by atoms with van der Waals surface area (Å²) < 4.78 is 11.0. The number of carbonyl (C=O) groups excluding carboxylic acids is 3. The van der Waals surface area contributed by atoms with E-state index in [2.05, 4.69) is 10.3 Å². The van der Waals surface area contributed by atoms with E-state index in [0.717, 1.165) is 9.63 Å². The van der Waals surface area contributed by atoms with Crippen LogP contribution >= 0.6 is 0 Å². The lowest BCUT2D eigenvalue weighted by Gasteiger charge is -2.27. The van der Waals surface area contributed by atoms with Crippen molar-refractivity contribution in [1.29, 1.82) is 0 Å². The molecule has 1 N–H and O–H groups in total. The molecule has 11 nitrogen and oxygen atoms in total. The molecule has 11 heteroatoms. The summed E-state index contributed by atoms with van der Waals surface area (Å²) in [6.45, 7) is 4.73. The van der Waals surface area contributed by atoms with Gasteiger partial charge in [0.05, 0.1) is 13.2 Å². The highest BCUT2D eigenvalue weighted by atomic mass is 16.7. The molecule has 27 heavy (non-hydrogen) atoms. The SMILES string of the molecule is CCOC(=O)[C@H]1C[C@](C(=O)OCC)(n2ccc(NC(C)=O)nc2=O)ON1C. The summed E-state index contributed by atoms with van der Waals surface area (Å²) in [4.78, 5) is 57.8. The highest BCUT2D eigenvalue weighted by Gasteiger charge is 2.56. The minimum absolute atomic E-state index is 0.0241. The van der Waals surface area contributed by atoms with Crippen molar-refractivity contribution in [3.8, 4) is 0 Å². The molecule has 1 aliphatic rings. The molecule has 1 amide bonds. The summed E-state index contributed by atoms with van der Waals surface area (Å²) in [5.74, 6) is -1.82. The largest absolute Gasteiger partial charge is 0.465 e. The third-order valence-electron chi connectivity index (χ3n) is 3.85. The number of likely N-dealkylation sites (N-methyl/N-ethyl adjacent to an activating group) is 1.